The highest BCUT2D eigenvalue weighted by Gasteiger charge is 2.13. The summed E-state index contributed by atoms with van der Waals surface area (Å²) in [7, 11) is 0. The Morgan fingerprint density at radius 1 is 1.15 bits per heavy atom. The molecule has 0 bridgehead atoms. The first-order valence-electron chi connectivity index (χ1n) is 5.67. The molecule has 7 heteroatoms. The Kier molecular flexibility index (Phi) is 4.08. The molecule has 0 aliphatic heterocycles. The van der Waals surface area contributed by atoms with Gasteiger partial charge in [0, 0.05) is 3.57 Å². The summed E-state index contributed by atoms with van der Waals surface area (Å²) in [6.45, 7) is 0. The average molecular weight is 413 g/mol. The van der Waals surface area contributed by atoms with Crippen LogP contribution in [0.4, 0.5) is 5.13 Å². The molecule has 0 aliphatic carbocycles. The van der Waals surface area contributed by atoms with Crippen molar-refractivity contribution in [3.05, 3.63) is 50.9 Å². The zero-order valence-electron chi connectivity index (χ0n) is 10.0. The molecule has 3 aromatic rings. The maximum atomic E-state index is 12.2. The predicted molar refractivity (Wildman–Crippen MR) is 90.3 cm³/mol. The standard InChI is InChI=1S/C13H8IN3OS2/c14-9-5-2-1-4-8(9)11(18)15-13-17-16-12(20-13)10-6-3-7-19-10/h1-7H,(H,15,17,18). The van der Waals surface area contributed by atoms with Crippen molar-refractivity contribution in [2.45, 2.75) is 0 Å². The van der Waals surface area contributed by atoms with Gasteiger partial charge in [0.1, 0.15) is 0 Å². The third-order valence-electron chi connectivity index (χ3n) is 2.50. The van der Waals surface area contributed by atoms with Crippen molar-refractivity contribution in [1.29, 1.82) is 0 Å². The number of hydrogen-bond acceptors (Lipinski definition) is 5. The highest BCUT2D eigenvalue weighted by Crippen LogP contribution is 2.29. The molecule has 1 N–H and O–H groups in total. The highest BCUT2D eigenvalue weighted by atomic mass is 127. The summed E-state index contributed by atoms with van der Waals surface area (Å²) >= 11 is 5.11. The van der Waals surface area contributed by atoms with E-state index in [4.69, 9.17) is 0 Å². The lowest BCUT2D eigenvalue weighted by Crippen LogP contribution is -2.13. The minimum absolute atomic E-state index is 0.163. The van der Waals surface area contributed by atoms with Crippen LogP contribution in [0, 0.1) is 3.57 Å². The quantitative estimate of drug-likeness (QED) is 0.658. The molecule has 0 unspecified atom stereocenters. The first-order chi connectivity index (χ1) is 9.74. The van der Waals surface area contributed by atoms with Gasteiger partial charge in [-0.1, -0.05) is 29.5 Å². The van der Waals surface area contributed by atoms with Gasteiger partial charge >= 0.3 is 0 Å². The second-order valence-corrected chi connectivity index (χ2v) is 6.91. The Labute approximate surface area is 137 Å². The number of rotatable bonds is 3. The zero-order chi connectivity index (χ0) is 13.9. The van der Waals surface area contributed by atoms with E-state index in [0.29, 0.717) is 10.7 Å². The van der Waals surface area contributed by atoms with E-state index in [1.807, 2.05) is 35.7 Å². The van der Waals surface area contributed by atoms with Crippen molar-refractivity contribution in [1.82, 2.24) is 10.2 Å². The molecule has 2 heterocycles. The van der Waals surface area contributed by atoms with E-state index >= 15 is 0 Å². The number of amides is 1. The number of halogens is 1. The number of aromatic nitrogens is 2. The van der Waals surface area contributed by atoms with Crippen LogP contribution in [0.25, 0.3) is 9.88 Å². The fraction of sp³-hybridized carbons (Fsp3) is 0. The molecule has 1 amide bonds. The lowest BCUT2D eigenvalue weighted by molar-refractivity contribution is 0.102. The van der Waals surface area contributed by atoms with E-state index in [9.17, 15) is 4.79 Å². The average Bonchev–Trinajstić information content (AvgIpc) is 3.09. The molecule has 0 saturated carbocycles. The van der Waals surface area contributed by atoms with Crippen molar-refractivity contribution < 1.29 is 4.79 Å². The molecular formula is C13H8IN3OS2. The van der Waals surface area contributed by atoms with Gasteiger partial charge in [-0.15, -0.1) is 21.5 Å². The number of carbonyl (C=O) groups excluding carboxylic acids is 1. The smallest absolute Gasteiger partial charge is 0.258 e. The van der Waals surface area contributed by atoms with Crippen LogP contribution < -0.4 is 5.32 Å². The van der Waals surface area contributed by atoms with Crippen LogP contribution in [0.15, 0.2) is 41.8 Å². The van der Waals surface area contributed by atoms with Gasteiger partial charge in [-0.3, -0.25) is 10.1 Å². The van der Waals surface area contributed by atoms with Crippen molar-refractivity contribution in [3.63, 3.8) is 0 Å². The molecule has 0 atom stereocenters. The number of thiophene rings is 1. The number of hydrogen-bond donors (Lipinski definition) is 1. The van der Waals surface area contributed by atoms with Crippen molar-refractivity contribution in [2.75, 3.05) is 5.32 Å². The molecule has 100 valence electrons. The van der Waals surface area contributed by atoms with Gasteiger partial charge in [0.05, 0.1) is 10.4 Å². The second-order valence-electron chi connectivity index (χ2n) is 3.82. The van der Waals surface area contributed by atoms with Crippen molar-refractivity contribution >= 4 is 56.3 Å². The van der Waals surface area contributed by atoms with E-state index in [2.05, 4.69) is 38.1 Å². The van der Waals surface area contributed by atoms with Gasteiger partial charge in [-0.2, -0.15) is 0 Å². The van der Waals surface area contributed by atoms with Crippen LogP contribution in [0.2, 0.25) is 0 Å². The minimum Gasteiger partial charge on any atom is -0.296 e. The number of nitrogens with one attached hydrogen (secondary N) is 1. The molecule has 0 fully saturated rings. The van der Waals surface area contributed by atoms with Gasteiger partial charge in [-0.05, 0) is 46.2 Å². The van der Waals surface area contributed by atoms with Crippen molar-refractivity contribution in [3.8, 4) is 9.88 Å². The highest BCUT2D eigenvalue weighted by molar-refractivity contribution is 14.1. The van der Waals surface area contributed by atoms with Crippen LogP contribution >= 0.6 is 45.3 Å². The van der Waals surface area contributed by atoms with Crippen LogP contribution in [0.3, 0.4) is 0 Å². The summed E-state index contributed by atoms with van der Waals surface area (Å²) in [5, 5.41) is 14.2. The Morgan fingerprint density at radius 2 is 2.00 bits per heavy atom. The zero-order valence-corrected chi connectivity index (χ0v) is 13.8. The molecular weight excluding hydrogens is 405 g/mol. The summed E-state index contributed by atoms with van der Waals surface area (Å²) in [5.41, 5.74) is 0.640. The van der Waals surface area contributed by atoms with Crippen LogP contribution in [-0.4, -0.2) is 16.1 Å². The molecule has 0 spiro atoms. The molecule has 20 heavy (non-hydrogen) atoms. The predicted octanol–water partition coefficient (Wildman–Crippen LogP) is 4.12. The van der Waals surface area contributed by atoms with Gasteiger partial charge in [0.2, 0.25) is 5.13 Å². The van der Waals surface area contributed by atoms with E-state index in [0.717, 1.165) is 13.5 Å². The molecule has 0 aliphatic rings. The molecule has 2 aromatic heterocycles. The first-order valence-corrected chi connectivity index (χ1v) is 8.45. The molecule has 4 nitrogen and oxygen atoms in total. The van der Waals surface area contributed by atoms with Gasteiger partial charge < -0.3 is 0 Å². The third-order valence-corrected chi connectivity index (χ3v) is 5.31. The Hall–Kier alpha value is -1.32. The fourth-order valence-electron chi connectivity index (χ4n) is 1.58. The SMILES string of the molecule is O=C(Nc1nnc(-c2cccs2)s1)c1ccccc1I. The fourth-order valence-corrected chi connectivity index (χ4v) is 3.75. The number of carbonyl (C=O) groups is 1. The van der Waals surface area contributed by atoms with Gasteiger partial charge in [0.15, 0.2) is 5.01 Å². The van der Waals surface area contributed by atoms with Crippen LogP contribution in [0.1, 0.15) is 10.4 Å². The van der Waals surface area contributed by atoms with E-state index in [1.54, 1.807) is 17.4 Å². The summed E-state index contributed by atoms with van der Waals surface area (Å²) in [6.07, 6.45) is 0. The summed E-state index contributed by atoms with van der Waals surface area (Å²) < 4.78 is 0.908. The Morgan fingerprint density at radius 3 is 2.75 bits per heavy atom. The maximum absolute atomic E-state index is 12.2. The van der Waals surface area contributed by atoms with E-state index in [1.165, 1.54) is 11.3 Å². The lowest BCUT2D eigenvalue weighted by atomic mass is 10.2. The molecule has 3 rings (SSSR count). The number of nitrogens with zero attached hydrogens (tertiary/aromatic N) is 2. The van der Waals surface area contributed by atoms with E-state index in [-0.39, 0.29) is 5.91 Å². The van der Waals surface area contributed by atoms with Crippen molar-refractivity contribution in [2.24, 2.45) is 0 Å². The number of benzene rings is 1. The first kappa shape index (κ1) is 13.7. The summed E-state index contributed by atoms with van der Waals surface area (Å²) in [6, 6.07) is 11.4. The molecule has 0 saturated heterocycles. The van der Waals surface area contributed by atoms with Crippen LogP contribution in [0.5, 0.6) is 0 Å². The minimum atomic E-state index is -0.163. The maximum Gasteiger partial charge on any atom is 0.258 e. The Bertz CT molecular complexity index is 740. The van der Waals surface area contributed by atoms with E-state index < -0.39 is 0 Å². The largest absolute Gasteiger partial charge is 0.296 e. The second kappa shape index (κ2) is 5.98. The van der Waals surface area contributed by atoms with Gasteiger partial charge in [0.25, 0.3) is 5.91 Å². The van der Waals surface area contributed by atoms with Crippen LogP contribution in [-0.2, 0) is 0 Å². The lowest BCUT2D eigenvalue weighted by Gasteiger charge is -2.02. The molecule has 1 aromatic carbocycles. The molecule has 0 radical (unpaired) electrons. The summed E-state index contributed by atoms with van der Waals surface area (Å²) in [5.74, 6) is -0.163. The Balaban J connectivity index is 1.79. The third kappa shape index (κ3) is 2.89. The normalized spacial score (nSPS) is 10.4. The topological polar surface area (TPSA) is 54.9 Å². The van der Waals surface area contributed by atoms with Gasteiger partial charge in [-0.25, -0.2) is 0 Å². The summed E-state index contributed by atoms with van der Waals surface area (Å²) in [4.78, 5) is 13.2. The monoisotopic (exact) mass is 413 g/mol. The number of anilines is 1.